The van der Waals surface area contributed by atoms with Gasteiger partial charge in [-0.05, 0) is 32.6 Å². The summed E-state index contributed by atoms with van der Waals surface area (Å²) < 4.78 is 0. The van der Waals surface area contributed by atoms with E-state index in [1.165, 1.54) is 31.4 Å². The zero-order chi connectivity index (χ0) is 6.69. The van der Waals surface area contributed by atoms with Crippen molar-refractivity contribution in [3.8, 4) is 0 Å². The van der Waals surface area contributed by atoms with E-state index < -0.39 is 0 Å². The molecule has 1 atom stereocenters. The molecule has 0 saturated carbocycles. The Morgan fingerprint density at radius 1 is 1.67 bits per heavy atom. The second-order valence-corrected chi connectivity index (χ2v) is 2.82. The van der Waals surface area contributed by atoms with E-state index >= 15 is 0 Å². The maximum atomic E-state index is 4.52. The van der Waals surface area contributed by atoms with Crippen molar-refractivity contribution in [2.75, 3.05) is 0 Å². The van der Waals surface area contributed by atoms with Crippen LogP contribution in [0.1, 0.15) is 39.5 Å². The van der Waals surface area contributed by atoms with Gasteiger partial charge in [0.1, 0.15) is 0 Å². The molecule has 0 aromatic carbocycles. The van der Waals surface area contributed by atoms with Crippen LogP contribution in [0.5, 0.6) is 0 Å². The monoisotopic (exact) mass is 125 g/mol. The Bertz CT molecular complexity index is 116. The number of rotatable bonds is 1. The molecule has 0 saturated heterocycles. The first kappa shape index (κ1) is 6.79. The summed E-state index contributed by atoms with van der Waals surface area (Å²) in [6.45, 7) is 4.36. The molecule has 0 bridgehead atoms. The highest BCUT2D eigenvalue weighted by Crippen LogP contribution is 2.15. The quantitative estimate of drug-likeness (QED) is 0.510. The summed E-state index contributed by atoms with van der Waals surface area (Å²) in [7, 11) is 0. The zero-order valence-electron chi connectivity index (χ0n) is 6.35. The molecule has 1 heterocycles. The molecule has 0 N–H and O–H groups in total. The smallest absolute Gasteiger partial charge is 0.0496 e. The van der Waals surface area contributed by atoms with Crippen LogP contribution in [-0.4, -0.2) is 11.8 Å². The molecule has 1 nitrogen and oxygen atoms in total. The van der Waals surface area contributed by atoms with E-state index in [0.29, 0.717) is 6.04 Å². The maximum Gasteiger partial charge on any atom is 0.0496 e. The summed E-state index contributed by atoms with van der Waals surface area (Å²) >= 11 is 0. The molecule has 1 rings (SSSR count). The standard InChI is InChI=1S/C8H15N/c1-3-8-6-4-5-7(2)9-8/h8H,3-6H2,1-2H3. The molecule has 0 aromatic heterocycles. The molecule has 0 radical (unpaired) electrons. The molecule has 9 heavy (non-hydrogen) atoms. The minimum atomic E-state index is 0.652. The van der Waals surface area contributed by atoms with Crippen LogP contribution in [0.15, 0.2) is 4.99 Å². The molecule has 1 aliphatic rings. The van der Waals surface area contributed by atoms with E-state index in [0.717, 1.165) is 0 Å². The average Bonchev–Trinajstić information content (AvgIpc) is 1.88. The fourth-order valence-electron chi connectivity index (χ4n) is 1.33. The molecule has 0 amide bonds. The van der Waals surface area contributed by atoms with Crippen LogP contribution in [-0.2, 0) is 0 Å². The van der Waals surface area contributed by atoms with E-state index in [-0.39, 0.29) is 0 Å². The number of hydrogen-bond acceptors (Lipinski definition) is 1. The second-order valence-electron chi connectivity index (χ2n) is 2.82. The van der Waals surface area contributed by atoms with E-state index in [1.807, 2.05) is 0 Å². The Morgan fingerprint density at radius 3 is 2.89 bits per heavy atom. The minimum absolute atomic E-state index is 0.652. The second kappa shape index (κ2) is 3.00. The maximum absolute atomic E-state index is 4.52. The fraction of sp³-hybridized carbons (Fsp3) is 0.875. The first-order chi connectivity index (χ1) is 4.33. The van der Waals surface area contributed by atoms with E-state index in [1.54, 1.807) is 0 Å². The van der Waals surface area contributed by atoms with Crippen LogP contribution < -0.4 is 0 Å². The summed E-state index contributed by atoms with van der Waals surface area (Å²) in [5, 5.41) is 0. The van der Waals surface area contributed by atoms with Crippen LogP contribution in [0.2, 0.25) is 0 Å². The Morgan fingerprint density at radius 2 is 2.44 bits per heavy atom. The fourth-order valence-corrected chi connectivity index (χ4v) is 1.33. The van der Waals surface area contributed by atoms with Crippen molar-refractivity contribution in [2.24, 2.45) is 4.99 Å². The van der Waals surface area contributed by atoms with Crippen molar-refractivity contribution in [1.29, 1.82) is 0 Å². The van der Waals surface area contributed by atoms with Gasteiger partial charge in [0, 0.05) is 11.8 Å². The lowest BCUT2D eigenvalue weighted by Crippen LogP contribution is -2.11. The number of nitrogens with zero attached hydrogens (tertiary/aromatic N) is 1. The van der Waals surface area contributed by atoms with Crippen molar-refractivity contribution in [3.05, 3.63) is 0 Å². The van der Waals surface area contributed by atoms with Crippen LogP contribution >= 0.6 is 0 Å². The van der Waals surface area contributed by atoms with Gasteiger partial charge in [0.15, 0.2) is 0 Å². The Hall–Kier alpha value is -0.330. The molecule has 1 heteroatoms. The van der Waals surface area contributed by atoms with Gasteiger partial charge in [0.25, 0.3) is 0 Å². The van der Waals surface area contributed by atoms with Crippen molar-refractivity contribution in [1.82, 2.24) is 0 Å². The summed E-state index contributed by atoms with van der Waals surface area (Å²) in [6.07, 6.45) is 5.12. The van der Waals surface area contributed by atoms with Crippen LogP contribution in [0.4, 0.5) is 0 Å². The highest BCUT2D eigenvalue weighted by atomic mass is 14.8. The predicted molar refractivity (Wildman–Crippen MR) is 41.0 cm³/mol. The van der Waals surface area contributed by atoms with Gasteiger partial charge in [-0.2, -0.15) is 0 Å². The highest BCUT2D eigenvalue weighted by molar-refractivity contribution is 5.82. The van der Waals surface area contributed by atoms with Gasteiger partial charge in [-0.15, -0.1) is 0 Å². The van der Waals surface area contributed by atoms with E-state index in [2.05, 4.69) is 18.8 Å². The molecule has 0 spiro atoms. The number of aliphatic imine (C=N–C) groups is 1. The lowest BCUT2D eigenvalue weighted by molar-refractivity contribution is 0.554. The van der Waals surface area contributed by atoms with Crippen LogP contribution in [0, 0.1) is 0 Å². The largest absolute Gasteiger partial charge is 0.291 e. The third-order valence-corrected chi connectivity index (χ3v) is 1.95. The molecular weight excluding hydrogens is 110 g/mol. The van der Waals surface area contributed by atoms with Crippen molar-refractivity contribution < 1.29 is 0 Å². The third-order valence-electron chi connectivity index (χ3n) is 1.95. The highest BCUT2D eigenvalue weighted by Gasteiger charge is 2.09. The normalized spacial score (nSPS) is 27.8. The number of hydrogen-bond donors (Lipinski definition) is 0. The first-order valence-electron chi connectivity index (χ1n) is 3.86. The topological polar surface area (TPSA) is 12.4 Å². The van der Waals surface area contributed by atoms with Gasteiger partial charge < -0.3 is 0 Å². The lowest BCUT2D eigenvalue weighted by Gasteiger charge is -2.16. The van der Waals surface area contributed by atoms with Crippen LogP contribution in [0.3, 0.4) is 0 Å². The van der Waals surface area contributed by atoms with Gasteiger partial charge in [0.05, 0.1) is 0 Å². The molecule has 0 aromatic rings. The summed E-state index contributed by atoms with van der Waals surface area (Å²) in [5.74, 6) is 0. The van der Waals surface area contributed by atoms with Crippen LogP contribution in [0.25, 0.3) is 0 Å². The van der Waals surface area contributed by atoms with Crippen molar-refractivity contribution in [2.45, 2.75) is 45.6 Å². The van der Waals surface area contributed by atoms with Gasteiger partial charge >= 0.3 is 0 Å². The van der Waals surface area contributed by atoms with Gasteiger partial charge in [-0.1, -0.05) is 6.92 Å². The van der Waals surface area contributed by atoms with E-state index in [9.17, 15) is 0 Å². The van der Waals surface area contributed by atoms with Gasteiger partial charge in [-0.3, -0.25) is 4.99 Å². The summed E-state index contributed by atoms with van der Waals surface area (Å²) in [6, 6.07) is 0.652. The summed E-state index contributed by atoms with van der Waals surface area (Å²) in [5.41, 5.74) is 1.35. The Labute approximate surface area is 57.2 Å². The molecular formula is C8H15N. The van der Waals surface area contributed by atoms with Gasteiger partial charge in [-0.25, -0.2) is 0 Å². The molecule has 0 aliphatic carbocycles. The van der Waals surface area contributed by atoms with Gasteiger partial charge in [0.2, 0.25) is 0 Å². The molecule has 0 fully saturated rings. The molecule has 52 valence electrons. The Balaban J connectivity index is 2.47. The lowest BCUT2D eigenvalue weighted by atomic mass is 10.0. The average molecular weight is 125 g/mol. The molecule has 1 aliphatic heterocycles. The Kier molecular flexibility index (Phi) is 2.26. The van der Waals surface area contributed by atoms with E-state index in [4.69, 9.17) is 0 Å². The van der Waals surface area contributed by atoms with Crippen molar-refractivity contribution in [3.63, 3.8) is 0 Å². The zero-order valence-corrected chi connectivity index (χ0v) is 6.35. The SMILES string of the molecule is CCC1CCCC(C)=N1. The summed E-state index contributed by atoms with van der Waals surface area (Å²) in [4.78, 5) is 4.52. The predicted octanol–water partition coefficient (Wildman–Crippen LogP) is 2.41. The first-order valence-corrected chi connectivity index (χ1v) is 3.86. The minimum Gasteiger partial charge on any atom is -0.291 e. The third kappa shape index (κ3) is 1.81. The molecule has 1 unspecified atom stereocenters. The van der Waals surface area contributed by atoms with Crippen molar-refractivity contribution >= 4 is 5.71 Å².